The van der Waals surface area contributed by atoms with Gasteiger partial charge >= 0.3 is 11.9 Å². The van der Waals surface area contributed by atoms with Crippen LogP contribution in [0.1, 0.15) is 56.9 Å². The first-order valence-corrected chi connectivity index (χ1v) is 18.5. The average molecular weight is 774 g/mol. The van der Waals surface area contributed by atoms with Crippen molar-refractivity contribution in [3.05, 3.63) is 59.7 Å². The lowest BCUT2D eigenvalue weighted by molar-refractivity contribution is -0.271. The van der Waals surface area contributed by atoms with Crippen molar-refractivity contribution < 1.29 is 68.1 Å². The summed E-state index contributed by atoms with van der Waals surface area (Å²) in [6, 6.07) is 4.35. The lowest BCUT2D eigenvalue weighted by atomic mass is 9.99. The lowest BCUT2D eigenvalue weighted by Gasteiger charge is -2.38. The van der Waals surface area contributed by atoms with Crippen molar-refractivity contribution in [2.24, 2.45) is 0 Å². The van der Waals surface area contributed by atoms with Gasteiger partial charge in [0, 0.05) is 38.6 Å². The molecule has 0 saturated carbocycles. The van der Waals surface area contributed by atoms with E-state index in [0.717, 1.165) is 38.5 Å². The van der Waals surface area contributed by atoms with Crippen LogP contribution >= 0.6 is 0 Å². The molecule has 55 heavy (non-hydrogen) atoms. The maximum Gasteiger partial charge on any atom is 0.338 e. The van der Waals surface area contributed by atoms with Crippen LogP contribution in [0, 0.1) is 0 Å². The summed E-state index contributed by atoms with van der Waals surface area (Å²) in [5, 5.41) is 45.5. The van der Waals surface area contributed by atoms with Crippen molar-refractivity contribution in [1.82, 2.24) is 10.2 Å². The fourth-order valence-electron chi connectivity index (χ4n) is 5.78. The Balaban J connectivity index is 1.29. The number of carboxylic acid groups (broad SMARTS) is 1. The Bertz CT molecular complexity index is 1560. The van der Waals surface area contributed by atoms with Crippen molar-refractivity contribution in [1.29, 1.82) is 0 Å². The Morgan fingerprint density at radius 3 is 2.36 bits per heavy atom. The molecule has 4 rings (SSSR count). The van der Waals surface area contributed by atoms with E-state index in [1.54, 1.807) is 17.1 Å². The predicted molar refractivity (Wildman–Crippen MR) is 194 cm³/mol. The van der Waals surface area contributed by atoms with Gasteiger partial charge in [0.2, 0.25) is 24.0 Å². The summed E-state index contributed by atoms with van der Waals surface area (Å²) >= 11 is 0. The van der Waals surface area contributed by atoms with E-state index in [-0.39, 0.29) is 62.5 Å². The minimum atomic E-state index is -1.93. The summed E-state index contributed by atoms with van der Waals surface area (Å²) in [6.45, 7) is 1.92. The maximum absolute atomic E-state index is 13.0. The van der Waals surface area contributed by atoms with Crippen LogP contribution in [0.2, 0.25) is 0 Å². The molecule has 1 saturated heterocycles. The first kappa shape index (κ1) is 43.1. The van der Waals surface area contributed by atoms with Crippen LogP contribution < -0.4 is 15.4 Å². The first-order valence-electron chi connectivity index (χ1n) is 18.5. The van der Waals surface area contributed by atoms with Crippen LogP contribution in [0.5, 0.6) is 5.75 Å². The third-order valence-electron chi connectivity index (χ3n) is 8.89. The van der Waals surface area contributed by atoms with Crippen LogP contribution in [0.3, 0.4) is 0 Å². The molecule has 1 fully saturated rings. The number of nitrogens with zero attached hydrogens (tertiary/aromatic N) is 1. The highest BCUT2D eigenvalue weighted by molar-refractivity contribution is 5.93. The number of esters is 1. The molecule has 1 aliphatic carbocycles. The summed E-state index contributed by atoms with van der Waals surface area (Å²) in [5.74, 6) is -3.15. The number of carbonyl (C=O) groups is 5. The molecule has 2 heterocycles. The largest absolute Gasteiger partial charge is 0.479 e. The quantitative estimate of drug-likeness (QED) is 0.0853. The number of amides is 3. The minimum absolute atomic E-state index is 0.0250. The zero-order valence-electron chi connectivity index (χ0n) is 30.6. The Hall–Kier alpha value is -4.65. The summed E-state index contributed by atoms with van der Waals surface area (Å²) in [4.78, 5) is 63.0. The van der Waals surface area contributed by atoms with E-state index >= 15 is 0 Å². The SMILES string of the molecule is O=C(CCOCCOCCN1CC=CC1=O)NCCC(=O)Nc1cc(COC(=O)C2=C/CCCCCC/C=C\2)ccc1OC1O[C@H](C(=O)O)[C@@H](O)[C@H](O)[C@H]1O. The Morgan fingerprint density at radius 2 is 1.62 bits per heavy atom. The molecule has 0 spiro atoms. The zero-order chi connectivity index (χ0) is 39.6. The molecule has 17 heteroatoms. The van der Waals surface area contributed by atoms with Crippen LogP contribution in [0.25, 0.3) is 0 Å². The first-order chi connectivity index (χ1) is 26.5. The van der Waals surface area contributed by atoms with Gasteiger partial charge in [-0.25, -0.2) is 9.59 Å². The molecule has 0 bridgehead atoms. The summed E-state index contributed by atoms with van der Waals surface area (Å²) < 4.78 is 27.4. The van der Waals surface area contributed by atoms with Gasteiger partial charge in [0.15, 0.2) is 6.10 Å². The van der Waals surface area contributed by atoms with E-state index in [0.29, 0.717) is 37.4 Å². The molecule has 6 N–H and O–H groups in total. The number of aliphatic hydroxyl groups excluding tert-OH is 3. The Morgan fingerprint density at radius 1 is 0.855 bits per heavy atom. The van der Waals surface area contributed by atoms with Crippen molar-refractivity contribution in [2.45, 2.75) is 88.7 Å². The molecule has 5 atom stereocenters. The molecule has 302 valence electrons. The minimum Gasteiger partial charge on any atom is -0.479 e. The molecule has 3 aliphatic rings. The van der Waals surface area contributed by atoms with Crippen LogP contribution in [0.15, 0.2) is 54.2 Å². The molecule has 0 radical (unpaired) electrons. The van der Waals surface area contributed by atoms with Crippen LogP contribution in [-0.4, -0.2) is 132 Å². The lowest BCUT2D eigenvalue weighted by Crippen LogP contribution is -2.61. The fourth-order valence-corrected chi connectivity index (χ4v) is 5.78. The third-order valence-corrected chi connectivity index (χ3v) is 8.89. The average Bonchev–Trinajstić information content (AvgIpc) is 3.58. The number of carbonyl (C=O) groups excluding carboxylic acids is 4. The van der Waals surface area contributed by atoms with E-state index in [1.807, 2.05) is 12.2 Å². The highest BCUT2D eigenvalue weighted by Crippen LogP contribution is 2.31. The second-order valence-electron chi connectivity index (χ2n) is 13.1. The van der Waals surface area contributed by atoms with Gasteiger partial charge in [0.05, 0.1) is 37.7 Å². The number of anilines is 1. The molecule has 1 unspecified atom stereocenters. The Labute approximate surface area is 318 Å². The Kier molecular flexibility index (Phi) is 17.8. The molecule has 17 nitrogen and oxygen atoms in total. The number of allylic oxidation sites excluding steroid dienone is 2. The van der Waals surface area contributed by atoms with Gasteiger partial charge in [0.25, 0.3) is 0 Å². The number of hydrogen-bond acceptors (Lipinski definition) is 13. The van der Waals surface area contributed by atoms with Crippen molar-refractivity contribution in [2.75, 3.05) is 51.4 Å². The second kappa shape index (κ2) is 22.7. The molecular formula is C38H51N3O14. The number of hydrogen-bond donors (Lipinski definition) is 6. The maximum atomic E-state index is 13.0. The molecule has 1 aromatic rings. The molecule has 1 aromatic carbocycles. The topological polar surface area (TPSA) is 240 Å². The smallest absolute Gasteiger partial charge is 0.338 e. The van der Waals surface area contributed by atoms with Crippen LogP contribution in [0.4, 0.5) is 5.69 Å². The van der Waals surface area contributed by atoms with E-state index in [4.69, 9.17) is 23.7 Å². The highest BCUT2D eigenvalue weighted by Gasteiger charge is 2.48. The molecule has 0 aromatic heterocycles. The van der Waals surface area contributed by atoms with E-state index < -0.39 is 48.6 Å². The molecule has 3 amide bonds. The second-order valence-corrected chi connectivity index (χ2v) is 13.1. The molecule has 2 aliphatic heterocycles. The highest BCUT2D eigenvalue weighted by atomic mass is 16.7. The van der Waals surface area contributed by atoms with E-state index in [9.17, 15) is 44.4 Å². The van der Waals surface area contributed by atoms with Gasteiger partial charge in [-0.05, 0) is 43.4 Å². The third kappa shape index (κ3) is 14.2. The van der Waals surface area contributed by atoms with Crippen molar-refractivity contribution >= 4 is 35.3 Å². The normalized spacial score (nSPS) is 24.3. The predicted octanol–water partition coefficient (Wildman–Crippen LogP) is 1.10. The monoisotopic (exact) mass is 773 g/mol. The van der Waals surface area contributed by atoms with E-state index in [1.165, 1.54) is 24.3 Å². The van der Waals surface area contributed by atoms with Gasteiger partial charge in [-0.2, -0.15) is 0 Å². The zero-order valence-corrected chi connectivity index (χ0v) is 30.6. The number of benzene rings is 1. The van der Waals surface area contributed by atoms with Crippen molar-refractivity contribution in [3.8, 4) is 5.75 Å². The van der Waals surface area contributed by atoms with Gasteiger partial charge in [-0.15, -0.1) is 0 Å². The van der Waals surface area contributed by atoms with Crippen LogP contribution in [-0.2, 0) is 49.5 Å². The standard InChI is InChI=1S/C38H51N3O14/c42-29(15-19-51-21-22-52-20-18-41-17-8-11-31(41)44)39-16-14-30(43)40-27-23-25(24-53-37(50)26-9-6-4-2-1-3-5-7-10-26)12-13-28(27)54-38-34(47)32(45)33(46)35(55-38)36(48)49/h6,8-13,23,32-35,38,45-47H,1-5,7,14-22,24H2,(H,39,42)(H,40,43)(H,48,49)/b9-6-,26-10+/t32-,33-,34+,35-,38?/m0/s1. The number of carboxylic acids is 1. The molecular weight excluding hydrogens is 722 g/mol. The number of aliphatic carboxylic acids is 1. The number of nitrogens with one attached hydrogen (secondary N) is 2. The summed E-state index contributed by atoms with van der Waals surface area (Å²) in [6.07, 6.45) is 5.19. The summed E-state index contributed by atoms with van der Waals surface area (Å²) in [5.41, 5.74) is 0.920. The summed E-state index contributed by atoms with van der Waals surface area (Å²) in [7, 11) is 0. The van der Waals surface area contributed by atoms with Gasteiger partial charge in [-0.1, -0.05) is 43.2 Å². The number of rotatable bonds is 19. The number of ether oxygens (including phenoxy) is 5. The van der Waals surface area contributed by atoms with Gasteiger partial charge < -0.3 is 59.6 Å². The van der Waals surface area contributed by atoms with E-state index in [2.05, 4.69) is 10.6 Å². The van der Waals surface area contributed by atoms with Gasteiger partial charge in [-0.3, -0.25) is 14.4 Å². The van der Waals surface area contributed by atoms with Gasteiger partial charge in [0.1, 0.15) is 30.7 Å². The number of aliphatic hydroxyl groups is 3. The fraction of sp³-hybridized carbons (Fsp3) is 0.553. The van der Waals surface area contributed by atoms with Crippen molar-refractivity contribution in [3.63, 3.8) is 0 Å².